The Bertz CT molecular complexity index is 757. The summed E-state index contributed by atoms with van der Waals surface area (Å²) in [6.07, 6.45) is 0. The molecule has 21 heavy (non-hydrogen) atoms. The summed E-state index contributed by atoms with van der Waals surface area (Å²) in [6.45, 7) is 0.443. The van der Waals surface area contributed by atoms with Crippen LogP contribution < -0.4 is 4.74 Å². The minimum Gasteiger partial charge on any atom is -0.497 e. The van der Waals surface area contributed by atoms with Crippen LogP contribution in [-0.2, 0) is 6.54 Å². The summed E-state index contributed by atoms with van der Waals surface area (Å²) in [5.41, 5.74) is 1.32. The molecule has 0 bridgehead atoms. The van der Waals surface area contributed by atoms with E-state index in [0.29, 0.717) is 12.1 Å². The number of tetrazole rings is 1. The van der Waals surface area contributed by atoms with Crippen LogP contribution in [-0.4, -0.2) is 27.3 Å². The molecule has 0 amide bonds. The highest BCUT2D eigenvalue weighted by molar-refractivity contribution is 5.54. The maximum absolute atomic E-state index is 13.7. The molecule has 0 unspecified atom stereocenters. The van der Waals surface area contributed by atoms with Crippen molar-refractivity contribution in [1.29, 1.82) is 0 Å². The molecule has 0 atom stereocenters. The molecular weight excluding hydrogens is 271 g/mol. The van der Waals surface area contributed by atoms with Crippen LogP contribution in [0.4, 0.5) is 4.39 Å². The van der Waals surface area contributed by atoms with Gasteiger partial charge in [-0.15, -0.1) is 10.2 Å². The third kappa shape index (κ3) is 2.89. The van der Waals surface area contributed by atoms with Crippen molar-refractivity contribution in [2.45, 2.75) is 6.54 Å². The molecule has 0 aliphatic rings. The van der Waals surface area contributed by atoms with Gasteiger partial charge in [0, 0.05) is 0 Å². The van der Waals surface area contributed by atoms with E-state index in [1.807, 2.05) is 24.3 Å². The molecule has 106 valence electrons. The smallest absolute Gasteiger partial charge is 0.207 e. The first-order valence-corrected chi connectivity index (χ1v) is 6.42. The van der Waals surface area contributed by atoms with Gasteiger partial charge in [-0.05, 0) is 35.0 Å². The standard InChI is InChI=1S/C15H13FN4O/c1-21-12-6-4-5-11(9-12)10-20-18-15(17-19-20)13-7-2-3-8-14(13)16/h2-9H,10H2,1H3. The highest BCUT2D eigenvalue weighted by Gasteiger charge is 2.10. The highest BCUT2D eigenvalue weighted by Crippen LogP contribution is 2.18. The largest absolute Gasteiger partial charge is 0.497 e. The van der Waals surface area contributed by atoms with E-state index in [4.69, 9.17) is 4.74 Å². The molecule has 3 rings (SSSR count). The molecule has 5 nitrogen and oxygen atoms in total. The van der Waals surface area contributed by atoms with Crippen LogP contribution in [0.1, 0.15) is 5.56 Å². The Balaban J connectivity index is 1.84. The first kappa shape index (κ1) is 13.2. The van der Waals surface area contributed by atoms with Gasteiger partial charge in [-0.1, -0.05) is 24.3 Å². The van der Waals surface area contributed by atoms with E-state index in [2.05, 4.69) is 15.4 Å². The fraction of sp³-hybridized carbons (Fsp3) is 0.133. The van der Waals surface area contributed by atoms with Crippen LogP contribution >= 0.6 is 0 Å². The van der Waals surface area contributed by atoms with Gasteiger partial charge in [0.05, 0.1) is 19.2 Å². The maximum atomic E-state index is 13.7. The molecule has 0 aliphatic carbocycles. The van der Waals surface area contributed by atoms with E-state index in [9.17, 15) is 4.39 Å². The third-order valence-corrected chi connectivity index (χ3v) is 3.03. The predicted octanol–water partition coefficient (Wildman–Crippen LogP) is 2.54. The van der Waals surface area contributed by atoms with E-state index in [-0.39, 0.29) is 11.6 Å². The zero-order valence-electron chi connectivity index (χ0n) is 11.4. The van der Waals surface area contributed by atoms with Gasteiger partial charge >= 0.3 is 0 Å². The Labute approximate surface area is 121 Å². The molecule has 0 radical (unpaired) electrons. The van der Waals surface area contributed by atoms with E-state index < -0.39 is 0 Å². The lowest BCUT2D eigenvalue weighted by molar-refractivity contribution is 0.413. The minimum absolute atomic E-state index is 0.274. The lowest BCUT2D eigenvalue weighted by Gasteiger charge is -2.03. The van der Waals surface area contributed by atoms with E-state index in [0.717, 1.165) is 11.3 Å². The molecule has 6 heteroatoms. The Hall–Kier alpha value is -2.76. The summed E-state index contributed by atoms with van der Waals surface area (Å²) in [7, 11) is 1.61. The summed E-state index contributed by atoms with van der Waals surface area (Å²) in [5.74, 6) is 0.677. The van der Waals surface area contributed by atoms with Crippen LogP contribution in [0.2, 0.25) is 0 Å². The number of halogens is 1. The van der Waals surface area contributed by atoms with Gasteiger partial charge in [-0.3, -0.25) is 0 Å². The minimum atomic E-state index is -0.363. The fourth-order valence-corrected chi connectivity index (χ4v) is 1.99. The predicted molar refractivity (Wildman–Crippen MR) is 75.3 cm³/mol. The van der Waals surface area contributed by atoms with Crippen molar-refractivity contribution in [2.24, 2.45) is 0 Å². The van der Waals surface area contributed by atoms with Gasteiger partial charge in [0.15, 0.2) is 0 Å². The van der Waals surface area contributed by atoms with Gasteiger partial charge < -0.3 is 4.74 Å². The lowest BCUT2D eigenvalue weighted by atomic mass is 10.2. The summed E-state index contributed by atoms with van der Waals surface area (Å²) in [5, 5.41) is 12.1. The second-order valence-corrected chi connectivity index (χ2v) is 4.47. The molecule has 1 aromatic heterocycles. The first-order chi connectivity index (χ1) is 10.3. The van der Waals surface area contributed by atoms with Crippen LogP contribution in [0.15, 0.2) is 48.5 Å². The van der Waals surface area contributed by atoms with Crippen molar-refractivity contribution >= 4 is 0 Å². The van der Waals surface area contributed by atoms with Crippen molar-refractivity contribution in [3.05, 3.63) is 59.9 Å². The molecule has 2 aromatic carbocycles. The van der Waals surface area contributed by atoms with Gasteiger partial charge in [-0.25, -0.2) is 4.39 Å². The van der Waals surface area contributed by atoms with E-state index in [1.165, 1.54) is 10.9 Å². The average Bonchev–Trinajstić information content (AvgIpc) is 2.96. The Morgan fingerprint density at radius 3 is 2.81 bits per heavy atom. The maximum Gasteiger partial charge on any atom is 0.207 e. The second kappa shape index (κ2) is 5.70. The molecular formula is C15H13FN4O. The van der Waals surface area contributed by atoms with Crippen molar-refractivity contribution in [2.75, 3.05) is 7.11 Å². The van der Waals surface area contributed by atoms with Crippen molar-refractivity contribution < 1.29 is 9.13 Å². The van der Waals surface area contributed by atoms with Gasteiger partial charge in [0.25, 0.3) is 0 Å². The summed E-state index contributed by atoms with van der Waals surface area (Å²) >= 11 is 0. The number of benzene rings is 2. The highest BCUT2D eigenvalue weighted by atomic mass is 19.1. The normalized spacial score (nSPS) is 10.6. The molecule has 0 N–H and O–H groups in total. The van der Waals surface area contributed by atoms with Gasteiger partial charge in [0.1, 0.15) is 11.6 Å². The Kier molecular flexibility index (Phi) is 3.59. The van der Waals surface area contributed by atoms with Crippen LogP contribution in [0.3, 0.4) is 0 Å². The van der Waals surface area contributed by atoms with Crippen LogP contribution in [0, 0.1) is 5.82 Å². The molecule has 1 heterocycles. The molecule has 0 fully saturated rings. The monoisotopic (exact) mass is 284 g/mol. The second-order valence-electron chi connectivity index (χ2n) is 4.47. The number of aromatic nitrogens is 4. The molecule has 0 aliphatic heterocycles. The average molecular weight is 284 g/mol. The quantitative estimate of drug-likeness (QED) is 0.738. The summed E-state index contributed by atoms with van der Waals surface area (Å²) in [4.78, 5) is 1.43. The topological polar surface area (TPSA) is 52.8 Å². The van der Waals surface area contributed by atoms with E-state index in [1.54, 1.807) is 25.3 Å². The number of ether oxygens (including phenoxy) is 1. The van der Waals surface area contributed by atoms with Gasteiger partial charge in [-0.2, -0.15) is 4.80 Å². The lowest BCUT2D eigenvalue weighted by Crippen LogP contribution is -2.04. The Morgan fingerprint density at radius 2 is 2.00 bits per heavy atom. The number of methoxy groups -OCH3 is 1. The van der Waals surface area contributed by atoms with Gasteiger partial charge in [0.2, 0.25) is 5.82 Å². The molecule has 3 aromatic rings. The molecule has 0 spiro atoms. The van der Waals surface area contributed by atoms with Crippen LogP contribution in [0.5, 0.6) is 5.75 Å². The Morgan fingerprint density at radius 1 is 1.14 bits per heavy atom. The number of hydrogen-bond donors (Lipinski definition) is 0. The zero-order chi connectivity index (χ0) is 14.7. The van der Waals surface area contributed by atoms with Crippen molar-refractivity contribution in [3.8, 4) is 17.1 Å². The molecule has 0 saturated carbocycles. The third-order valence-electron chi connectivity index (χ3n) is 3.03. The van der Waals surface area contributed by atoms with E-state index >= 15 is 0 Å². The molecule has 0 saturated heterocycles. The number of rotatable bonds is 4. The number of nitrogens with zero attached hydrogens (tertiary/aromatic N) is 4. The summed E-state index contributed by atoms with van der Waals surface area (Å²) < 4.78 is 18.8. The zero-order valence-corrected chi connectivity index (χ0v) is 11.4. The van der Waals surface area contributed by atoms with Crippen molar-refractivity contribution in [1.82, 2.24) is 20.2 Å². The SMILES string of the molecule is COc1cccc(Cn2nnc(-c3ccccc3F)n2)c1. The van der Waals surface area contributed by atoms with Crippen LogP contribution in [0.25, 0.3) is 11.4 Å². The van der Waals surface area contributed by atoms with Crippen molar-refractivity contribution in [3.63, 3.8) is 0 Å². The number of hydrogen-bond acceptors (Lipinski definition) is 4. The fourth-order valence-electron chi connectivity index (χ4n) is 1.99. The summed E-state index contributed by atoms with van der Waals surface area (Å²) in [6, 6.07) is 14.0. The first-order valence-electron chi connectivity index (χ1n) is 6.42.